The van der Waals surface area contributed by atoms with Crippen molar-refractivity contribution in [2.45, 2.75) is 6.92 Å². The van der Waals surface area contributed by atoms with E-state index in [0.29, 0.717) is 11.3 Å². The third-order valence-corrected chi connectivity index (χ3v) is 3.07. The summed E-state index contributed by atoms with van der Waals surface area (Å²) in [6, 6.07) is 10.5. The molecule has 0 saturated carbocycles. The van der Waals surface area contributed by atoms with E-state index < -0.39 is 0 Å². The molecule has 0 unspecified atom stereocenters. The average molecular weight is 241 g/mol. The highest BCUT2D eigenvalue weighted by Gasteiger charge is 2.09. The molecule has 0 radical (unpaired) electrons. The second-order valence-electron chi connectivity index (χ2n) is 4.25. The topological polar surface area (TPSA) is 43.8 Å². The fourth-order valence-electron chi connectivity index (χ4n) is 2.08. The molecule has 3 aromatic rings. The van der Waals surface area contributed by atoms with Crippen LogP contribution >= 0.6 is 0 Å². The van der Waals surface area contributed by atoms with E-state index in [-0.39, 0.29) is 5.82 Å². The van der Waals surface area contributed by atoms with E-state index in [0.717, 1.165) is 16.7 Å². The molecule has 1 aromatic heterocycles. The van der Waals surface area contributed by atoms with Gasteiger partial charge in [-0.3, -0.25) is 4.57 Å². The normalized spacial score (nSPS) is 11.0. The molecule has 0 spiro atoms. The molecule has 0 fully saturated rings. The molecular weight excluding hydrogens is 229 g/mol. The molecule has 2 N–H and O–H groups in total. The smallest absolute Gasteiger partial charge is 0.128 e. The maximum atomic E-state index is 13.6. The zero-order valence-electron chi connectivity index (χ0n) is 9.89. The van der Waals surface area contributed by atoms with Gasteiger partial charge in [-0.25, -0.2) is 9.37 Å². The first kappa shape index (κ1) is 10.8. The van der Waals surface area contributed by atoms with Crippen molar-refractivity contribution in [3.8, 4) is 5.69 Å². The fourth-order valence-corrected chi connectivity index (χ4v) is 2.08. The number of hydrogen-bond acceptors (Lipinski definition) is 2. The van der Waals surface area contributed by atoms with Crippen LogP contribution in [0.5, 0.6) is 0 Å². The van der Waals surface area contributed by atoms with E-state index in [4.69, 9.17) is 5.73 Å². The minimum atomic E-state index is -0.218. The molecule has 0 aliphatic carbocycles. The summed E-state index contributed by atoms with van der Waals surface area (Å²) >= 11 is 0. The van der Waals surface area contributed by atoms with E-state index in [1.807, 2.05) is 22.8 Å². The quantitative estimate of drug-likeness (QED) is 0.665. The Hall–Kier alpha value is -2.36. The van der Waals surface area contributed by atoms with Crippen molar-refractivity contribution in [2.75, 3.05) is 5.73 Å². The Labute approximate surface area is 104 Å². The first-order valence-electron chi connectivity index (χ1n) is 5.65. The van der Waals surface area contributed by atoms with Gasteiger partial charge < -0.3 is 5.73 Å². The van der Waals surface area contributed by atoms with Gasteiger partial charge in [0.25, 0.3) is 0 Å². The van der Waals surface area contributed by atoms with E-state index in [1.165, 1.54) is 6.07 Å². The maximum Gasteiger partial charge on any atom is 0.128 e. The van der Waals surface area contributed by atoms with Gasteiger partial charge in [0.1, 0.15) is 12.1 Å². The van der Waals surface area contributed by atoms with Crippen molar-refractivity contribution in [3.63, 3.8) is 0 Å². The number of nitrogens with two attached hydrogens (primary N) is 1. The highest BCUT2D eigenvalue weighted by molar-refractivity contribution is 5.80. The van der Waals surface area contributed by atoms with Crippen molar-refractivity contribution in [3.05, 3.63) is 54.1 Å². The number of aromatic nitrogens is 2. The summed E-state index contributed by atoms with van der Waals surface area (Å²) in [6.45, 7) is 1.76. The summed E-state index contributed by atoms with van der Waals surface area (Å²) in [5.74, 6) is -0.218. The van der Waals surface area contributed by atoms with E-state index in [9.17, 15) is 4.39 Å². The molecule has 0 atom stereocenters. The monoisotopic (exact) mass is 241 g/mol. The summed E-state index contributed by atoms with van der Waals surface area (Å²) in [4.78, 5) is 4.29. The SMILES string of the molecule is Cc1c(F)cccc1-n1cnc2cc(N)ccc21. The van der Waals surface area contributed by atoms with Gasteiger partial charge in [0.05, 0.1) is 16.7 Å². The van der Waals surface area contributed by atoms with Crippen molar-refractivity contribution < 1.29 is 4.39 Å². The van der Waals surface area contributed by atoms with Crippen LogP contribution in [0.4, 0.5) is 10.1 Å². The maximum absolute atomic E-state index is 13.6. The number of anilines is 1. The molecule has 3 nitrogen and oxygen atoms in total. The first-order chi connectivity index (χ1) is 8.66. The molecule has 0 aliphatic heterocycles. The van der Waals surface area contributed by atoms with Crippen LogP contribution in [0, 0.1) is 12.7 Å². The van der Waals surface area contributed by atoms with Gasteiger partial charge in [0, 0.05) is 11.3 Å². The lowest BCUT2D eigenvalue weighted by atomic mass is 10.2. The Bertz CT molecular complexity index is 731. The Kier molecular flexibility index (Phi) is 2.30. The molecule has 3 rings (SSSR count). The Morgan fingerprint density at radius 2 is 2.06 bits per heavy atom. The van der Waals surface area contributed by atoms with E-state index in [1.54, 1.807) is 25.4 Å². The predicted molar refractivity (Wildman–Crippen MR) is 70.2 cm³/mol. The predicted octanol–water partition coefficient (Wildman–Crippen LogP) is 3.06. The molecule has 18 heavy (non-hydrogen) atoms. The van der Waals surface area contributed by atoms with Crippen LogP contribution in [0.15, 0.2) is 42.7 Å². The number of hydrogen-bond donors (Lipinski definition) is 1. The van der Waals surface area contributed by atoms with E-state index in [2.05, 4.69) is 4.98 Å². The molecule has 0 aliphatic rings. The second kappa shape index (κ2) is 3.84. The van der Waals surface area contributed by atoms with Crippen molar-refractivity contribution >= 4 is 16.7 Å². The number of fused-ring (bicyclic) bond motifs is 1. The second-order valence-corrected chi connectivity index (χ2v) is 4.25. The highest BCUT2D eigenvalue weighted by atomic mass is 19.1. The molecule has 0 saturated heterocycles. The summed E-state index contributed by atoms with van der Waals surface area (Å²) in [5.41, 5.74) is 9.50. The van der Waals surface area contributed by atoms with Gasteiger partial charge >= 0.3 is 0 Å². The number of halogens is 1. The lowest BCUT2D eigenvalue weighted by Crippen LogP contribution is -1.97. The molecule has 90 valence electrons. The standard InChI is InChI=1S/C14H12FN3/c1-9-11(15)3-2-4-13(9)18-8-17-12-7-10(16)5-6-14(12)18/h2-8H,16H2,1H3. The summed E-state index contributed by atoms with van der Waals surface area (Å²) in [7, 11) is 0. The number of nitrogens with zero attached hydrogens (tertiary/aromatic N) is 2. The molecular formula is C14H12FN3. The molecule has 4 heteroatoms. The minimum Gasteiger partial charge on any atom is -0.399 e. The van der Waals surface area contributed by atoms with Crippen LogP contribution in [0.25, 0.3) is 16.7 Å². The minimum absolute atomic E-state index is 0.218. The average Bonchev–Trinajstić information content (AvgIpc) is 2.75. The Balaban J connectivity index is 2.29. The van der Waals surface area contributed by atoms with Gasteiger partial charge in [-0.1, -0.05) is 6.07 Å². The third-order valence-electron chi connectivity index (χ3n) is 3.07. The largest absolute Gasteiger partial charge is 0.399 e. The van der Waals surface area contributed by atoms with Crippen LogP contribution in [0.2, 0.25) is 0 Å². The van der Waals surface area contributed by atoms with E-state index >= 15 is 0 Å². The van der Waals surface area contributed by atoms with Crippen molar-refractivity contribution in [2.24, 2.45) is 0 Å². The Morgan fingerprint density at radius 1 is 1.22 bits per heavy atom. The molecule has 2 aromatic carbocycles. The van der Waals surface area contributed by atoms with Gasteiger partial charge in [0.15, 0.2) is 0 Å². The van der Waals surface area contributed by atoms with Gasteiger partial charge in [-0.2, -0.15) is 0 Å². The zero-order valence-corrected chi connectivity index (χ0v) is 9.89. The van der Waals surface area contributed by atoms with Crippen LogP contribution in [0.1, 0.15) is 5.56 Å². The number of imidazole rings is 1. The zero-order chi connectivity index (χ0) is 12.7. The number of benzene rings is 2. The summed E-state index contributed by atoms with van der Waals surface area (Å²) in [6.07, 6.45) is 1.69. The Morgan fingerprint density at radius 3 is 2.89 bits per heavy atom. The molecule has 0 bridgehead atoms. The van der Waals surface area contributed by atoms with Gasteiger partial charge in [-0.05, 0) is 37.3 Å². The third kappa shape index (κ3) is 1.54. The number of rotatable bonds is 1. The molecule has 1 heterocycles. The van der Waals surface area contributed by atoms with Crippen molar-refractivity contribution in [1.82, 2.24) is 9.55 Å². The van der Waals surface area contributed by atoms with Crippen LogP contribution in [0.3, 0.4) is 0 Å². The lowest BCUT2D eigenvalue weighted by molar-refractivity contribution is 0.617. The molecule has 0 amide bonds. The van der Waals surface area contributed by atoms with Crippen LogP contribution in [-0.4, -0.2) is 9.55 Å². The lowest BCUT2D eigenvalue weighted by Gasteiger charge is -2.08. The van der Waals surface area contributed by atoms with Gasteiger partial charge in [0.2, 0.25) is 0 Å². The van der Waals surface area contributed by atoms with Crippen LogP contribution < -0.4 is 5.73 Å². The summed E-state index contributed by atoms with van der Waals surface area (Å²) in [5, 5.41) is 0. The van der Waals surface area contributed by atoms with Gasteiger partial charge in [-0.15, -0.1) is 0 Å². The van der Waals surface area contributed by atoms with Crippen LogP contribution in [-0.2, 0) is 0 Å². The van der Waals surface area contributed by atoms with Crippen molar-refractivity contribution in [1.29, 1.82) is 0 Å². The first-order valence-corrected chi connectivity index (χ1v) is 5.65. The number of nitrogen functional groups attached to an aromatic ring is 1. The summed E-state index contributed by atoms with van der Waals surface area (Å²) < 4.78 is 15.4. The fraction of sp³-hybridized carbons (Fsp3) is 0.0714. The highest BCUT2D eigenvalue weighted by Crippen LogP contribution is 2.23.